The normalized spacial score (nSPS) is 10.1. The third-order valence-electron chi connectivity index (χ3n) is 4.52. The van der Waals surface area contributed by atoms with Crippen molar-refractivity contribution in [1.29, 1.82) is 0 Å². The molecule has 11 heteroatoms. The number of hydrogen-bond acceptors (Lipinski definition) is 8. The van der Waals surface area contributed by atoms with Crippen LogP contribution in [0.4, 0.5) is 10.9 Å². The van der Waals surface area contributed by atoms with E-state index in [0.717, 1.165) is 28.5 Å². The minimum absolute atomic E-state index is 0. The van der Waals surface area contributed by atoms with E-state index in [2.05, 4.69) is 20.3 Å². The van der Waals surface area contributed by atoms with Crippen LogP contribution in [-0.2, 0) is 17.6 Å². The van der Waals surface area contributed by atoms with Gasteiger partial charge in [-0.15, -0.1) is 47.9 Å². The lowest BCUT2D eigenvalue weighted by molar-refractivity contribution is -0.136. The largest absolute Gasteiger partial charge is 0.481 e. The predicted octanol–water partition coefficient (Wildman–Crippen LogP) is 6.66. The minimum atomic E-state index is -0.839. The van der Waals surface area contributed by atoms with E-state index >= 15 is 0 Å². The number of aryl methyl sites for hydroxylation is 2. The molecule has 4 aromatic rings. The van der Waals surface area contributed by atoms with Gasteiger partial charge < -0.3 is 15.2 Å². The summed E-state index contributed by atoms with van der Waals surface area (Å²) in [5.74, 6) is 1.88. The van der Waals surface area contributed by atoms with Crippen molar-refractivity contribution >= 4 is 64.8 Å². The van der Waals surface area contributed by atoms with Crippen LogP contribution >= 0.6 is 47.9 Å². The molecular weight excluding hydrogens is 527 g/mol. The smallest absolute Gasteiger partial charge is 0.303 e. The van der Waals surface area contributed by atoms with Crippen LogP contribution in [0.3, 0.4) is 0 Å². The quantitative estimate of drug-likeness (QED) is 0.200. The average molecular weight is 552 g/mol. The molecule has 0 radical (unpaired) electrons. The van der Waals surface area contributed by atoms with Crippen molar-refractivity contribution in [3.63, 3.8) is 0 Å². The Kier molecular flexibility index (Phi) is 11.8. The van der Waals surface area contributed by atoms with Crippen LogP contribution in [0.15, 0.2) is 77.3 Å². The number of carboxylic acids is 1. The van der Waals surface area contributed by atoms with Gasteiger partial charge in [-0.1, -0.05) is 24.3 Å². The van der Waals surface area contributed by atoms with Crippen LogP contribution in [0.2, 0.25) is 0 Å². The van der Waals surface area contributed by atoms with Gasteiger partial charge in [-0.25, -0.2) is 9.97 Å². The number of rotatable bonds is 11. The Morgan fingerprint density at radius 1 is 1.03 bits per heavy atom. The number of benzene rings is 1. The number of aromatic nitrogens is 3. The zero-order chi connectivity index (χ0) is 22.9. The fourth-order valence-corrected chi connectivity index (χ4v) is 4.54. The van der Waals surface area contributed by atoms with Gasteiger partial charge in [0.05, 0.1) is 12.1 Å². The number of hydrogen-bond donors (Lipinski definition) is 2. The highest BCUT2D eigenvalue weighted by molar-refractivity contribution is 7.99. The number of carboxylic acid groups (broad SMARTS) is 1. The number of para-hydroxylation sites is 1. The zero-order valence-corrected chi connectivity index (χ0v) is 21.8. The number of nitrogens with zero attached hydrogens (tertiary/aromatic N) is 3. The molecule has 0 spiro atoms. The van der Waals surface area contributed by atoms with Gasteiger partial charge in [0, 0.05) is 40.5 Å². The van der Waals surface area contributed by atoms with Crippen molar-refractivity contribution in [2.45, 2.75) is 24.2 Å². The third kappa shape index (κ3) is 9.03. The van der Waals surface area contributed by atoms with Crippen LogP contribution in [0.25, 0.3) is 0 Å². The molecule has 3 aromatic heterocycles. The number of aliphatic carboxylic acids is 1. The Morgan fingerprint density at radius 2 is 1.83 bits per heavy atom. The number of anilines is 2. The Labute approximate surface area is 224 Å². The van der Waals surface area contributed by atoms with Crippen LogP contribution in [0.1, 0.15) is 17.8 Å². The summed E-state index contributed by atoms with van der Waals surface area (Å²) in [6.07, 6.45) is 4.91. The molecule has 35 heavy (non-hydrogen) atoms. The van der Waals surface area contributed by atoms with E-state index in [-0.39, 0.29) is 31.2 Å². The molecule has 3 heterocycles. The molecule has 0 amide bonds. The van der Waals surface area contributed by atoms with Gasteiger partial charge >= 0.3 is 5.97 Å². The van der Waals surface area contributed by atoms with Gasteiger partial charge in [0.15, 0.2) is 16.7 Å². The Hall–Kier alpha value is -2.85. The Morgan fingerprint density at radius 3 is 2.57 bits per heavy atom. The van der Waals surface area contributed by atoms with Gasteiger partial charge in [-0.2, -0.15) is 0 Å². The summed E-state index contributed by atoms with van der Waals surface area (Å²) in [5, 5.41) is 14.6. The third-order valence-corrected chi connectivity index (χ3v) is 6.30. The van der Waals surface area contributed by atoms with Crippen LogP contribution in [0.5, 0.6) is 11.5 Å². The fraction of sp³-hybridized carbons (Fsp3) is 0.167. The Balaban J connectivity index is 0.00000216. The highest BCUT2D eigenvalue weighted by Gasteiger charge is 2.12. The van der Waals surface area contributed by atoms with Crippen molar-refractivity contribution in [2.75, 3.05) is 11.1 Å². The van der Waals surface area contributed by atoms with Crippen molar-refractivity contribution < 1.29 is 14.6 Å². The molecule has 0 aliphatic carbocycles. The second kappa shape index (κ2) is 14.5. The van der Waals surface area contributed by atoms with E-state index in [1.165, 1.54) is 11.3 Å². The molecule has 0 aliphatic heterocycles. The zero-order valence-electron chi connectivity index (χ0n) is 18.5. The number of halogens is 2. The summed E-state index contributed by atoms with van der Waals surface area (Å²) in [5.41, 5.74) is 1.79. The summed E-state index contributed by atoms with van der Waals surface area (Å²) >= 11 is 3.09. The van der Waals surface area contributed by atoms with Gasteiger partial charge in [-0.3, -0.25) is 9.78 Å². The summed E-state index contributed by atoms with van der Waals surface area (Å²) in [7, 11) is 0. The SMILES string of the molecule is Cl.Cl.O=C(O)CCc1csc(Nc2ncc(SCCc3ccccn3)cc2Oc2ccccc2)n1. The molecule has 1 aromatic carbocycles. The maximum atomic E-state index is 10.8. The molecule has 4 rings (SSSR count). The topological polar surface area (TPSA) is 97.2 Å². The highest BCUT2D eigenvalue weighted by atomic mass is 35.5. The number of pyridine rings is 2. The molecule has 184 valence electrons. The molecule has 0 bridgehead atoms. The van der Waals surface area contributed by atoms with E-state index in [4.69, 9.17) is 9.84 Å². The predicted molar refractivity (Wildman–Crippen MR) is 145 cm³/mol. The second-order valence-electron chi connectivity index (χ2n) is 7.02. The first-order chi connectivity index (χ1) is 16.2. The number of ether oxygens (including phenoxy) is 1. The number of thioether (sulfide) groups is 1. The summed E-state index contributed by atoms with van der Waals surface area (Å²) in [4.78, 5) is 25.2. The highest BCUT2D eigenvalue weighted by Crippen LogP contribution is 2.34. The molecule has 2 N–H and O–H groups in total. The van der Waals surface area contributed by atoms with Crippen molar-refractivity contribution in [3.05, 3.63) is 83.8 Å². The summed E-state index contributed by atoms with van der Waals surface area (Å²) < 4.78 is 6.12. The first kappa shape index (κ1) is 28.4. The molecular formula is C24H24Cl2N4O3S2. The van der Waals surface area contributed by atoms with Gasteiger partial charge in [0.2, 0.25) is 0 Å². The van der Waals surface area contributed by atoms with Crippen molar-refractivity contribution in [3.8, 4) is 11.5 Å². The maximum absolute atomic E-state index is 10.8. The lowest BCUT2D eigenvalue weighted by atomic mass is 10.2. The van der Waals surface area contributed by atoms with Gasteiger partial charge in [0.25, 0.3) is 0 Å². The lowest BCUT2D eigenvalue weighted by Crippen LogP contribution is -2.00. The Bertz CT molecular complexity index is 1200. The molecule has 0 saturated heterocycles. The van der Waals surface area contributed by atoms with E-state index < -0.39 is 5.97 Å². The van der Waals surface area contributed by atoms with E-state index in [1.807, 2.05) is 66.2 Å². The molecule has 0 fully saturated rings. The summed E-state index contributed by atoms with van der Waals surface area (Å²) in [6, 6.07) is 17.4. The first-order valence-corrected chi connectivity index (χ1v) is 12.2. The lowest BCUT2D eigenvalue weighted by Gasteiger charge is -2.12. The molecule has 0 saturated carbocycles. The average Bonchev–Trinajstić information content (AvgIpc) is 3.28. The number of carbonyl (C=O) groups is 1. The van der Waals surface area contributed by atoms with Crippen LogP contribution in [-0.4, -0.2) is 31.8 Å². The molecule has 0 atom stereocenters. The van der Waals surface area contributed by atoms with E-state index in [9.17, 15) is 4.79 Å². The molecule has 0 aliphatic rings. The van der Waals surface area contributed by atoms with E-state index in [1.54, 1.807) is 18.0 Å². The van der Waals surface area contributed by atoms with Crippen LogP contribution < -0.4 is 10.1 Å². The number of thiazole rings is 1. The summed E-state index contributed by atoms with van der Waals surface area (Å²) in [6.45, 7) is 0. The standard InChI is InChI=1S/C24H22N4O3S2.2ClH/c29-22(30)10-9-18-16-33-24(27-18)28-23-21(31-19-7-2-1-3-8-19)14-20(15-26-23)32-13-11-17-6-4-5-12-25-17;;/h1-8,12,14-16H,9-11,13H2,(H,29,30)(H,26,27,28);2*1H. The van der Waals surface area contributed by atoms with Gasteiger partial charge in [0.1, 0.15) is 5.75 Å². The monoisotopic (exact) mass is 550 g/mol. The first-order valence-electron chi connectivity index (χ1n) is 10.3. The van der Waals surface area contributed by atoms with Crippen molar-refractivity contribution in [2.24, 2.45) is 0 Å². The number of nitrogens with one attached hydrogen (secondary N) is 1. The van der Waals surface area contributed by atoms with Crippen molar-refractivity contribution in [1.82, 2.24) is 15.0 Å². The second-order valence-corrected chi connectivity index (χ2v) is 9.04. The molecule has 0 unspecified atom stereocenters. The van der Waals surface area contributed by atoms with Gasteiger partial charge in [-0.05, 0) is 36.8 Å². The molecule has 7 nitrogen and oxygen atoms in total. The van der Waals surface area contributed by atoms with Crippen LogP contribution in [0, 0.1) is 0 Å². The van der Waals surface area contributed by atoms with E-state index in [0.29, 0.717) is 28.9 Å². The fourth-order valence-electron chi connectivity index (χ4n) is 2.93. The minimum Gasteiger partial charge on any atom is -0.481 e. The maximum Gasteiger partial charge on any atom is 0.303 e.